The van der Waals surface area contributed by atoms with Gasteiger partial charge in [0.2, 0.25) is 0 Å². The first-order valence-corrected chi connectivity index (χ1v) is 9.86. The van der Waals surface area contributed by atoms with Crippen LogP contribution in [-0.4, -0.2) is 34.6 Å². The Morgan fingerprint density at radius 3 is 2.03 bits per heavy atom. The van der Waals surface area contributed by atoms with E-state index in [-0.39, 0.29) is 24.3 Å². The molecule has 30 heavy (non-hydrogen) atoms. The predicted octanol–water partition coefficient (Wildman–Crippen LogP) is 4.41. The summed E-state index contributed by atoms with van der Waals surface area (Å²) in [6.07, 6.45) is 0. The fourth-order valence-electron chi connectivity index (χ4n) is 3.49. The van der Waals surface area contributed by atoms with Crippen LogP contribution in [0.3, 0.4) is 0 Å². The molecule has 1 heterocycles. The van der Waals surface area contributed by atoms with Gasteiger partial charge in [0, 0.05) is 24.2 Å². The summed E-state index contributed by atoms with van der Waals surface area (Å²) in [7, 11) is 1.72. The van der Waals surface area contributed by atoms with Crippen molar-refractivity contribution in [3.8, 4) is 0 Å². The zero-order valence-electron chi connectivity index (χ0n) is 16.3. The van der Waals surface area contributed by atoms with Crippen molar-refractivity contribution in [3.05, 3.63) is 106 Å². The molecule has 0 spiro atoms. The lowest BCUT2D eigenvalue weighted by Gasteiger charge is -2.19. The second-order valence-electron chi connectivity index (χ2n) is 7.19. The summed E-state index contributed by atoms with van der Waals surface area (Å²) >= 11 is 6.18. The van der Waals surface area contributed by atoms with Gasteiger partial charge in [-0.1, -0.05) is 54.1 Å². The lowest BCUT2D eigenvalue weighted by Crippen LogP contribution is -2.29. The first-order valence-electron chi connectivity index (χ1n) is 9.49. The first kappa shape index (κ1) is 19.9. The van der Waals surface area contributed by atoms with E-state index >= 15 is 0 Å². The molecule has 0 radical (unpaired) electrons. The molecule has 3 aromatic rings. The minimum atomic E-state index is -0.296. The van der Waals surface area contributed by atoms with Crippen LogP contribution in [0.2, 0.25) is 5.02 Å². The molecular formula is C24H19ClN2O3. The van der Waals surface area contributed by atoms with Gasteiger partial charge in [0.05, 0.1) is 17.7 Å². The molecule has 0 aromatic heterocycles. The van der Waals surface area contributed by atoms with E-state index < -0.39 is 0 Å². The van der Waals surface area contributed by atoms with Gasteiger partial charge in [-0.25, -0.2) is 0 Å². The Morgan fingerprint density at radius 2 is 1.43 bits per heavy atom. The summed E-state index contributed by atoms with van der Waals surface area (Å²) in [6, 6.07) is 21.2. The van der Waals surface area contributed by atoms with Crippen LogP contribution in [0.4, 0.5) is 0 Å². The van der Waals surface area contributed by atoms with Gasteiger partial charge in [-0.3, -0.25) is 19.3 Å². The Balaban J connectivity index is 1.44. The van der Waals surface area contributed by atoms with Crippen LogP contribution in [0.25, 0.3) is 0 Å². The fourth-order valence-corrected chi connectivity index (χ4v) is 3.69. The number of fused-ring (bicyclic) bond motifs is 1. The highest BCUT2D eigenvalue weighted by atomic mass is 35.5. The average molecular weight is 419 g/mol. The third-order valence-electron chi connectivity index (χ3n) is 5.13. The number of carbonyl (C=O) groups excluding carboxylic acids is 3. The summed E-state index contributed by atoms with van der Waals surface area (Å²) in [5.41, 5.74) is 3.02. The van der Waals surface area contributed by atoms with Gasteiger partial charge in [0.25, 0.3) is 17.7 Å². The molecule has 4 rings (SSSR count). The third kappa shape index (κ3) is 3.72. The molecule has 3 amide bonds. The van der Waals surface area contributed by atoms with Crippen molar-refractivity contribution in [1.29, 1.82) is 0 Å². The summed E-state index contributed by atoms with van der Waals surface area (Å²) in [6.45, 7) is 0.561. The van der Waals surface area contributed by atoms with Crippen LogP contribution in [0.1, 0.15) is 42.2 Å². The molecule has 0 saturated heterocycles. The number of amides is 3. The van der Waals surface area contributed by atoms with Crippen molar-refractivity contribution in [2.24, 2.45) is 0 Å². The number of imide groups is 1. The normalized spacial score (nSPS) is 12.8. The van der Waals surface area contributed by atoms with Gasteiger partial charge in [-0.05, 0) is 41.5 Å². The number of nitrogens with zero attached hydrogens (tertiary/aromatic N) is 2. The van der Waals surface area contributed by atoms with E-state index in [1.54, 1.807) is 66.5 Å². The highest BCUT2D eigenvalue weighted by Crippen LogP contribution is 2.24. The van der Waals surface area contributed by atoms with Crippen LogP contribution in [-0.2, 0) is 13.1 Å². The Hall–Kier alpha value is -3.44. The minimum absolute atomic E-state index is 0.137. The Labute approximate surface area is 179 Å². The maximum absolute atomic E-state index is 12.7. The van der Waals surface area contributed by atoms with E-state index in [0.29, 0.717) is 28.3 Å². The average Bonchev–Trinajstić information content (AvgIpc) is 3.00. The van der Waals surface area contributed by atoms with Gasteiger partial charge in [-0.2, -0.15) is 0 Å². The molecule has 0 aliphatic carbocycles. The number of halogens is 1. The van der Waals surface area contributed by atoms with Crippen molar-refractivity contribution < 1.29 is 14.4 Å². The van der Waals surface area contributed by atoms with E-state index in [4.69, 9.17) is 11.6 Å². The highest BCUT2D eigenvalue weighted by Gasteiger charge is 2.34. The van der Waals surface area contributed by atoms with Crippen molar-refractivity contribution in [1.82, 2.24) is 9.80 Å². The van der Waals surface area contributed by atoms with E-state index in [1.165, 1.54) is 4.90 Å². The maximum atomic E-state index is 12.7. The number of hydrogen-bond donors (Lipinski definition) is 0. The van der Waals surface area contributed by atoms with Gasteiger partial charge in [0.15, 0.2) is 0 Å². The van der Waals surface area contributed by atoms with Crippen molar-refractivity contribution in [3.63, 3.8) is 0 Å². The molecule has 1 aliphatic rings. The van der Waals surface area contributed by atoms with E-state index in [0.717, 1.165) is 11.1 Å². The fraction of sp³-hybridized carbons (Fsp3) is 0.125. The molecule has 0 unspecified atom stereocenters. The number of hydrogen-bond acceptors (Lipinski definition) is 3. The minimum Gasteiger partial charge on any atom is -0.337 e. The Morgan fingerprint density at radius 1 is 0.867 bits per heavy atom. The first-order chi connectivity index (χ1) is 14.5. The molecule has 5 nitrogen and oxygen atoms in total. The van der Waals surface area contributed by atoms with Crippen molar-refractivity contribution in [2.45, 2.75) is 13.1 Å². The summed E-state index contributed by atoms with van der Waals surface area (Å²) in [5.74, 6) is -0.729. The van der Waals surface area contributed by atoms with Gasteiger partial charge < -0.3 is 4.90 Å². The molecule has 0 bridgehead atoms. The van der Waals surface area contributed by atoms with Crippen LogP contribution in [0.5, 0.6) is 0 Å². The summed E-state index contributed by atoms with van der Waals surface area (Å²) < 4.78 is 0. The largest absolute Gasteiger partial charge is 0.337 e. The van der Waals surface area contributed by atoms with Crippen LogP contribution in [0.15, 0.2) is 72.8 Å². The number of rotatable bonds is 5. The molecule has 0 fully saturated rings. The second kappa shape index (κ2) is 8.13. The molecule has 150 valence electrons. The van der Waals surface area contributed by atoms with E-state index in [2.05, 4.69) is 0 Å². The quantitative estimate of drug-likeness (QED) is 0.577. The SMILES string of the molecule is CN(Cc1ccccc1Cl)C(=O)c1ccc(CN2C(=O)c3ccccc3C2=O)cc1. The number of carbonyl (C=O) groups is 3. The van der Waals surface area contributed by atoms with Gasteiger partial charge >= 0.3 is 0 Å². The van der Waals surface area contributed by atoms with Crippen LogP contribution >= 0.6 is 11.6 Å². The Bertz CT molecular complexity index is 1110. The topological polar surface area (TPSA) is 57.7 Å². The molecule has 0 saturated carbocycles. The van der Waals surface area contributed by atoms with E-state index in [9.17, 15) is 14.4 Å². The number of benzene rings is 3. The standard InChI is InChI=1S/C24H19ClN2O3/c1-26(15-18-6-2-5-9-21(18)25)22(28)17-12-10-16(11-13-17)14-27-23(29)19-7-3-4-8-20(19)24(27)30/h2-13H,14-15H2,1H3. The molecule has 0 N–H and O–H groups in total. The molecule has 6 heteroatoms. The zero-order valence-corrected chi connectivity index (χ0v) is 17.1. The lowest BCUT2D eigenvalue weighted by molar-refractivity contribution is 0.0641. The van der Waals surface area contributed by atoms with Crippen LogP contribution < -0.4 is 0 Å². The van der Waals surface area contributed by atoms with Crippen molar-refractivity contribution in [2.75, 3.05) is 7.05 Å². The molecular weight excluding hydrogens is 400 g/mol. The summed E-state index contributed by atoms with van der Waals surface area (Å²) in [5, 5.41) is 0.619. The molecule has 1 aliphatic heterocycles. The zero-order chi connectivity index (χ0) is 21.3. The Kier molecular flexibility index (Phi) is 5.38. The van der Waals surface area contributed by atoms with Crippen molar-refractivity contribution >= 4 is 29.3 Å². The lowest BCUT2D eigenvalue weighted by atomic mass is 10.1. The van der Waals surface area contributed by atoms with Gasteiger partial charge in [-0.15, -0.1) is 0 Å². The predicted molar refractivity (Wildman–Crippen MR) is 114 cm³/mol. The smallest absolute Gasteiger partial charge is 0.261 e. The third-order valence-corrected chi connectivity index (χ3v) is 5.50. The molecule has 3 aromatic carbocycles. The summed E-state index contributed by atoms with van der Waals surface area (Å²) in [4.78, 5) is 40.6. The van der Waals surface area contributed by atoms with E-state index in [1.807, 2.05) is 18.2 Å². The highest BCUT2D eigenvalue weighted by molar-refractivity contribution is 6.31. The van der Waals surface area contributed by atoms with Crippen LogP contribution in [0, 0.1) is 0 Å². The second-order valence-corrected chi connectivity index (χ2v) is 7.60. The van der Waals surface area contributed by atoms with Gasteiger partial charge in [0.1, 0.15) is 0 Å². The monoisotopic (exact) mass is 418 g/mol. The molecule has 0 atom stereocenters. The maximum Gasteiger partial charge on any atom is 0.261 e.